The van der Waals surface area contributed by atoms with E-state index in [2.05, 4.69) is 11.4 Å². The number of amides is 1. The van der Waals surface area contributed by atoms with E-state index in [9.17, 15) is 4.79 Å². The zero-order chi connectivity index (χ0) is 14.5. The standard InChI is InChI=1S/C18H19NO2/c20-18(11-10-14-6-2-1-3-7-14)19-13-16-12-15-8-4-5-9-17(15)21-16/h1-9,16H,10-13H2,(H,19,20). The number of ether oxygens (including phenoxy) is 1. The number of benzene rings is 2. The number of hydrogen-bond donors (Lipinski definition) is 1. The summed E-state index contributed by atoms with van der Waals surface area (Å²) in [6, 6.07) is 18.1. The molecule has 0 fully saturated rings. The number of rotatable bonds is 5. The van der Waals surface area contributed by atoms with Crippen LogP contribution in [0.4, 0.5) is 0 Å². The summed E-state index contributed by atoms with van der Waals surface area (Å²) >= 11 is 0. The fraction of sp³-hybridized carbons (Fsp3) is 0.278. The van der Waals surface area contributed by atoms with Gasteiger partial charge in [-0.2, -0.15) is 0 Å². The normalized spacial score (nSPS) is 16.1. The predicted octanol–water partition coefficient (Wildman–Crippen LogP) is 2.74. The fourth-order valence-corrected chi connectivity index (χ4v) is 2.59. The highest BCUT2D eigenvalue weighted by molar-refractivity contribution is 5.76. The van der Waals surface area contributed by atoms with Gasteiger partial charge in [-0.1, -0.05) is 48.5 Å². The van der Waals surface area contributed by atoms with E-state index < -0.39 is 0 Å². The zero-order valence-electron chi connectivity index (χ0n) is 11.9. The SMILES string of the molecule is O=C(CCc1ccccc1)NCC1Cc2ccccc2O1. The van der Waals surface area contributed by atoms with Gasteiger partial charge in [0.05, 0.1) is 6.54 Å². The maximum absolute atomic E-state index is 11.9. The minimum atomic E-state index is 0.0584. The molecule has 1 atom stereocenters. The van der Waals surface area contributed by atoms with Gasteiger partial charge in [-0.05, 0) is 23.6 Å². The van der Waals surface area contributed by atoms with Crippen LogP contribution in [0.1, 0.15) is 17.5 Å². The molecule has 0 spiro atoms. The molecule has 3 nitrogen and oxygen atoms in total. The van der Waals surface area contributed by atoms with E-state index in [0.717, 1.165) is 18.6 Å². The molecule has 3 rings (SSSR count). The first-order chi connectivity index (χ1) is 10.3. The topological polar surface area (TPSA) is 38.3 Å². The lowest BCUT2D eigenvalue weighted by atomic mass is 10.1. The molecule has 1 aliphatic rings. The van der Waals surface area contributed by atoms with Gasteiger partial charge in [0, 0.05) is 12.8 Å². The molecule has 1 unspecified atom stereocenters. The van der Waals surface area contributed by atoms with Crippen molar-refractivity contribution in [3.63, 3.8) is 0 Å². The second-order valence-corrected chi connectivity index (χ2v) is 5.34. The molecule has 3 heteroatoms. The number of aryl methyl sites for hydroxylation is 1. The summed E-state index contributed by atoms with van der Waals surface area (Å²) in [5, 5.41) is 2.97. The Labute approximate surface area is 124 Å². The van der Waals surface area contributed by atoms with E-state index in [4.69, 9.17) is 4.74 Å². The van der Waals surface area contributed by atoms with Gasteiger partial charge in [-0.25, -0.2) is 0 Å². The Kier molecular flexibility index (Phi) is 4.20. The lowest BCUT2D eigenvalue weighted by molar-refractivity contribution is -0.121. The molecule has 1 aliphatic heterocycles. The quantitative estimate of drug-likeness (QED) is 0.915. The Morgan fingerprint density at radius 3 is 2.67 bits per heavy atom. The van der Waals surface area contributed by atoms with Gasteiger partial charge in [0.1, 0.15) is 11.9 Å². The van der Waals surface area contributed by atoms with Gasteiger partial charge in [0.25, 0.3) is 0 Å². The zero-order valence-corrected chi connectivity index (χ0v) is 11.9. The Morgan fingerprint density at radius 2 is 1.86 bits per heavy atom. The second-order valence-electron chi connectivity index (χ2n) is 5.34. The summed E-state index contributed by atoms with van der Waals surface area (Å²) in [5.74, 6) is 1.03. The van der Waals surface area contributed by atoms with E-state index in [-0.39, 0.29) is 12.0 Å². The van der Waals surface area contributed by atoms with Gasteiger partial charge in [0.2, 0.25) is 5.91 Å². The van der Waals surface area contributed by atoms with Gasteiger partial charge in [0.15, 0.2) is 0 Å². The van der Waals surface area contributed by atoms with Crippen molar-refractivity contribution in [2.75, 3.05) is 6.54 Å². The highest BCUT2D eigenvalue weighted by Gasteiger charge is 2.22. The Bertz CT molecular complexity index is 585. The van der Waals surface area contributed by atoms with Gasteiger partial charge < -0.3 is 10.1 Å². The first-order valence-corrected chi connectivity index (χ1v) is 7.36. The number of nitrogens with one attached hydrogen (secondary N) is 1. The molecule has 108 valence electrons. The molecule has 21 heavy (non-hydrogen) atoms. The summed E-state index contributed by atoms with van der Waals surface area (Å²) in [6.07, 6.45) is 2.22. The van der Waals surface area contributed by atoms with Crippen molar-refractivity contribution in [1.29, 1.82) is 0 Å². The van der Waals surface area contributed by atoms with Crippen LogP contribution in [-0.2, 0) is 17.6 Å². The second kappa shape index (κ2) is 6.44. The van der Waals surface area contributed by atoms with Crippen molar-refractivity contribution in [2.45, 2.75) is 25.4 Å². The van der Waals surface area contributed by atoms with Crippen LogP contribution in [0.15, 0.2) is 54.6 Å². The van der Waals surface area contributed by atoms with Crippen LogP contribution < -0.4 is 10.1 Å². The van der Waals surface area contributed by atoms with E-state index in [1.54, 1.807) is 0 Å². The highest BCUT2D eigenvalue weighted by Crippen LogP contribution is 2.27. The van der Waals surface area contributed by atoms with Gasteiger partial charge in [-0.3, -0.25) is 4.79 Å². The highest BCUT2D eigenvalue weighted by atomic mass is 16.5. The maximum atomic E-state index is 11.9. The van der Waals surface area contributed by atoms with Crippen LogP contribution >= 0.6 is 0 Å². The molecular formula is C18H19NO2. The van der Waals surface area contributed by atoms with E-state index in [1.807, 2.05) is 48.5 Å². The summed E-state index contributed by atoms with van der Waals surface area (Å²) in [7, 11) is 0. The van der Waals surface area contributed by atoms with Gasteiger partial charge >= 0.3 is 0 Å². The predicted molar refractivity (Wildman–Crippen MR) is 82.3 cm³/mol. The van der Waals surface area contributed by atoms with Crippen molar-refractivity contribution in [1.82, 2.24) is 5.32 Å². The maximum Gasteiger partial charge on any atom is 0.220 e. The Balaban J connectivity index is 1.41. The van der Waals surface area contributed by atoms with E-state index >= 15 is 0 Å². The lowest BCUT2D eigenvalue weighted by Gasteiger charge is -2.12. The van der Waals surface area contributed by atoms with Crippen molar-refractivity contribution >= 4 is 5.91 Å². The summed E-state index contributed by atoms with van der Waals surface area (Å²) in [4.78, 5) is 11.9. The Hall–Kier alpha value is -2.29. The number of fused-ring (bicyclic) bond motifs is 1. The summed E-state index contributed by atoms with van der Waals surface area (Å²) < 4.78 is 5.81. The van der Waals surface area contributed by atoms with Crippen LogP contribution in [0.3, 0.4) is 0 Å². The van der Waals surface area contributed by atoms with Crippen molar-refractivity contribution < 1.29 is 9.53 Å². The van der Waals surface area contributed by atoms with Crippen molar-refractivity contribution in [2.24, 2.45) is 0 Å². The molecule has 1 N–H and O–H groups in total. The molecule has 0 saturated carbocycles. The summed E-state index contributed by atoms with van der Waals surface area (Å²) in [6.45, 7) is 0.572. The third-order valence-corrected chi connectivity index (χ3v) is 3.72. The van der Waals surface area contributed by atoms with Crippen LogP contribution in [0.2, 0.25) is 0 Å². The third kappa shape index (κ3) is 3.63. The van der Waals surface area contributed by atoms with Crippen LogP contribution in [0.25, 0.3) is 0 Å². The molecule has 1 amide bonds. The average molecular weight is 281 g/mol. The minimum Gasteiger partial charge on any atom is -0.488 e. The van der Waals surface area contributed by atoms with Crippen molar-refractivity contribution in [3.05, 3.63) is 65.7 Å². The number of hydrogen-bond acceptors (Lipinski definition) is 2. The molecule has 0 aromatic heterocycles. The third-order valence-electron chi connectivity index (χ3n) is 3.72. The van der Waals surface area contributed by atoms with Crippen molar-refractivity contribution in [3.8, 4) is 5.75 Å². The molecule has 0 radical (unpaired) electrons. The first-order valence-electron chi connectivity index (χ1n) is 7.36. The lowest BCUT2D eigenvalue weighted by Crippen LogP contribution is -2.34. The fourth-order valence-electron chi connectivity index (χ4n) is 2.59. The van der Waals surface area contributed by atoms with Crippen LogP contribution in [0.5, 0.6) is 5.75 Å². The van der Waals surface area contributed by atoms with Crippen LogP contribution in [0, 0.1) is 0 Å². The molecule has 2 aromatic rings. The molecule has 2 aromatic carbocycles. The minimum absolute atomic E-state index is 0.0584. The monoisotopic (exact) mass is 281 g/mol. The van der Waals surface area contributed by atoms with Crippen LogP contribution in [-0.4, -0.2) is 18.6 Å². The number of carbonyl (C=O) groups excluding carboxylic acids is 1. The van der Waals surface area contributed by atoms with E-state index in [1.165, 1.54) is 11.1 Å². The number of carbonyl (C=O) groups is 1. The first kappa shape index (κ1) is 13.7. The average Bonchev–Trinajstić information content (AvgIpc) is 2.95. The van der Waals surface area contributed by atoms with E-state index in [0.29, 0.717) is 13.0 Å². The molecule has 1 heterocycles. The largest absolute Gasteiger partial charge is 0.488 e. The number of para-hydroxylation sites is 1. The molecular weight excluding hydrogens is 262 g/mol. The summed E-state index contributed by atoms with van der Waals surface area (Å²) in [5.41, 5.74) is 2.42. The smallest absolute Gasteiger partial charge is 0.220 e. The van der Waals surface area contributed by atoms with Gasteiger partial charge in [-0.15, -0.1) is 0 Å². The molecule has 0 aliphatic carbocycles. The molecule has 0 bridgehead atoms. The Morgan fingerprint density at radius 1 is 1.10 bits per heavy atom. The molecule has 0 saturated heterocycles.